The minimum absolute atomic E-state index is 0.262. The van der Waals surface area contributed by atoms with Crippen LogP contribution in [0.3, 0.4) is 0 Å². The Balaban J connectivity index is 2.41. The van der Waals surface area contributed by atoms with Gasteiger partial charge in [-0.1, -0.05) is 30.7 Å². The van der Waals surface area contributed by atoms with Crippen LogP contribution in [0.1, 0.15) is 44.2 Å². The number of carbonyl (C=O) groups is 1. The largest absolute Gasteiger partial charge is 0.481 e. The van der Waals surface area contributed by atoms with E-state index < -0.39 is 17.1 Å². The minimum atomic E-state index is -1.32. The van der Waals surface area contributed by atoms with Crippen molar-refractivity contribution in [2.75, 3.05) is 0 Å². The predicted octanol–water partition coefficient (Wildman–Crippen LogP) is 3.48. The molecule has 0 heterocycles. The number of carboxylic acid groups (broad SMARTS) is 1. The molecule has 0 unspecified atom stereocenters. The first-order valence-corrected chi connectivity index (χ1v) is 6.36. The zero-order chi connectivity index (χ0) is 13.4. The molecule has 0 saturated heterocycles. The van der Waals surface area contributed by atoms with Crippen LogP contribution in [-0.2, 0) is 16.6 Å². The molecule has 2 nitrogen and oxygen atoms in total. The molecule has 1 aliphatic carbocycles. The van der Waals surface area contributed by atoms with Gasteiger partial charge < -0.3 is 5.11 Å². The van der Waals surface area contributed by atoms with E-state index in [1.54, 1.807) is 0 Å². The Bertz CT molecular complexity index is 456. The van der Waals surface area contributed by atoms with Gasteiger partial charge >= 0.3 is 5.97 Å². The van der Waals surface area contributed by atoms with Gasteiger partial charge in [-0.05, 0) is 37.8 Å². The van der Waals surface area contributed by atoms with Gasteiger partial charge in [0.1, 0.15) is 5.67 Å². The Morgan fingerprint density at radius 1 is 1.39 bits per heavy atom. The standard InChI is InChI=1S/C15H19FO2/c1-14(2,16)10-11-6-3-4-7-12(11)15(13(17)18)8-5-9-15/h3-4,6-7H,5,8-10H2,1-2H3,(H,17,18). The molecule has 1 saturated carbocycles. The maximum Gasteiger partial charge on any atom is 0.314 e. The van der Waals surface area contributed by atoms with E-state index in [1.807, 2.05) is 24.3 Å². The monoisotopic (exact) mass is 250 g/mol. The Kier molecular flexibility index (Phi) is 3.18. The average Bonchev–Trinajstić information content (AvgIpc) is 2.15. The van der Waals surface area contributed by atoms with Crippen LogP contribution in [0.2, 0.25) is 0 Å². The molecule has 1 N–H and O–H groups in total. The minimum Gasteiger partial charge on any atom is -0.481 e. The quantitative estimate of drug-likeness (QED) is 0.888. The van der Waals surface area contributed by atoms with E-state index in [9.17, 15) is 14.3 Å². The highest BCUT2D eigenvalue weighted by Crippen LogP contribution is 2.45. The van der Waals surface area contributed by atoms with E-state index in [4.69, 9.17) is 0 Å². The van der Waals surface area contributed by atoms with Crippen molar-refractivity contribution in [3.05, 3.63) is 35.4 Å². The number of halogens is 1. The lowest BCUT2D eigenvalue weighted by atomic mass is 9.63. The molecule has 3 heteroatoms. The highest BCUT2D eigenvalue weighted by molar-refractivity contribution is 5.83. The van der Waals surface area contributed by atoms with Crippen molar-refractivity contribution >= 4 is 5.97 Å². The third-order valence-corrected chi connectivity index (χ3v) is 3.76. The molecular weight excluding hydrogens is 231 g/mol. The molecule has 0 radical (unpaired) electrons. The topological polar surface area (TPSA) is 37.3 Å². The van der Waals surface area contributed by atoms with Crippen LogP contribution in [-0.4, -0.2) is 16.7 Å². The Morgan fingerprint density at radius 2 is 2.00 bits per heavy atom. The number of alkyl halides is 1. The number of hydrogen-bond donors (Lipinski definition) is 1. The number of rotatable bonds is 4. The number of hydrogen-bond acceptors (Lipinski definition) is 1. The Morgan fingerprint density at radius 3 is 2.44 bits per heavy atom. The first-order chi connectivity index (χ1) is 8.35. The summed E-state index contributed by atoms with van der Waals surface area (Å²) in [5.74, 6) is -0.780. The zero-order valence-electron chi connectivity index (χ0n) is 10.9. The van der Waals surface area contributed by atoms with Crippen molar-refractivity contribution in [1.82, 2.24) is 0 Å². The molecule has 1 fully saturated rings. The average molecular weight is 250 g/mol. The molecule has 98 valence electrons. The van der Waals surface area contributed by atoms with Crippen LogP contribution in [0.5, 0.6) is 0 Å². The van der Waals surface area contributed by atoms with Gasteiger partial charge in [-0.2, -0.15) is 0 Å². The summed E-state index contributed by atoms with van der Waals surface area (Å²) in [6.45, 7) is 3.05. The van der Waals surface area contributed by atoms with Crippen LogP contribution < -0.4 is 0 Å². The summed E-state index contributed by atoms with van der Waals surface area (Å²) in [6.07, 6.45) is 2.51. The van der Waals surface area contributed by atoms with Gasteiger partial charge in [0.15, 0.2) is 0 Å². The molecule has 2 rings (SSSR count). The normalized spacial score (nSPS) is 18.2. The maximum absolute atomic E-state index is 13.8. The number of carboxylic acids is 1. The fraction of sp³-hybridized carbons (Fsp3) is 0.533. The van der Waals surface area contributed by atoms with Gasteiger partial charge in [0.2, 0.25) is 0 Å². The first kappa shape index (κ1) is 13.1. The number of benzene rings is 1. The lowest BCUT2D eigenvalue weighted by Crippen LogP contribution is -2.43. The molecule has 0 aliphatic heterocycles. The van der Waals surface area contributed by atoms with Crippen molar-refractivity contribution < 1.29 is 14.3 Å². The van der Waals surface area contributed by atoms with Gasteiger partial charge in [0, 0.05) is 6.42 Å². The molecule has 1 aromatic carbocycles. The summed E-state index contributed by atoms with van der Waals surface area (Å²) in [6, 6.07) is 7.37. The molecular formula is C15H19FO2. The van der Waals surface area contributed by atoms with E-state index in [0.717, 1.165) is 17.5 Å². The lowest BCUT2D eigenvalue weighted by Gasteiger charge is -2.39. The summed E-state index contributed by atoms with van der Waals surface area (Å²) in [7, 11) is 0. The van der Waals surface area contributed by atoms with Crippen LogP contribution in [0.25, 0.3) is 0 Å². The summed E-state index contributed by atoms with van der Waals surface area (Å²) in [5, 5.41) is 9.47. The Hall–Kier alpha value is -1.38. The van der Waals surface area contributed by atoms with Gasteiger partial charge in [0.05, 0.1) is 5.41 Å². The molecule has 0 bridgehead atoms. The van der Waals surface area contributed by atoms with Gasteiger partial charge in [0.25, 0.3) is 0 Å². The second kappa shape index (κ2) is 4.38. The Labute approximate surface area is 107 Å². The second-order valence-corrected chi connectivity index (χ2v) is 5.79. The third kappa shape index (κ3) is 2.26. The molecule has 0 amide bonds. The van der Waals surface area contributed by atoms with Crippen LogP contribution in [0.4, 0.5) is 4.39 Å². The van der Waals surface area contributed by atoms with E-state index in [2.05, 4.69) is 0 Å². The SMILES string of the molecule is CC(C)(F)Cc1ccccc1C1(C(=O)O)CCC1. The smallest absolute Gasteiger partial charge is 0.314 e. The molecule has 0 aromatic heterocycles. The highest BCUT2D eigenvalue weighted by atomic mass is 19.1. The molecule has 18 heavy (non-hydrogen) atoms. The molecule has 1 aliphatic rings. The van der Waals surface area contributed by atoms with E-state index in [0.29, 0.717) is 12.8 Å². The summed E-state index contributed by atoms with van der Waals surface area (Å²) in [5.41, 5.74) is -0.469. The molecule has 0 atom stereocenters. The molecule has 1 aromatic rings. The van der Waals surface area contributed by atoms with Gasteiger partial charge in [-0.25, -0.2) is 4.39 Å². The highest BCUT2D eigenvalue weighted by Gasteiger charge is 2.47. The van der Waals surface area contributed by atoms with Crippen molar-refractivity contribution in [3.8, 4) is 0 Å². The van der Waals surface area contributed by atoms with E-state index in [-0.39, 0.29) is 6.42 Å². The van der Waals surface area contributed by atoms with Gasteiger partial charge in [-0.3, -0.25) is 4.79 Å². The zero-order valence-corrected chi connectivity index (χ0v) is 10.9. The van der Waals surface area contributed by atoms with Crippen molar-refractivity contribution in [3.63, 3.8) is 0 Å². The van der Waals surface area contributed by atoms with Crippen LogP contribution >= 0.6 is 0 Å². The number of aliphatic carboxylic acids is 1. The second-order valence-electron chi connectivity index (χ2n) is 5.79. The first-order valence-electron chi connectivity index (χ1n) is 6.36. The summed E-state index contributed by atoms with van der Waals surface area (Å²) in [4.78, 5) is 11.5. The van der Waals surface area contributed by atoms with Crippen LogP contribution in [0, 0.1) is 0 Å². The van der Waals surface area contributed by atoms with Crippen molar-refractivity contribution in [2.45, 2.75) is 50.6 Å². The van der Waals surface area contributed by atoms with E-state index >= 15 is 0 Å². The summed E-state index contributed by atoms with van der Waals surface area (Å²) >= 11 is 0. The summed E-state index contributed by atoms with van der Waals surface area (Å²) < 4.78 is 13.8. The fourth-order valence-electron chi connectivity index (χ4n) is 2.72. The van der Waals surface area contributed by atoms with E-state index in [1.165, 1.54) is 13.8 Å². The predicted molar refractivity (Wildman–Crippen MR) is 68.5 cm³/mol. The van der Waals surface area contributed by atoms with Gasteiger partial charge in [-0.15, -0.1) is 0 Å². The van der Waals surface area contributed by atoms with Crippen LogP contribution in [0.15, 0.2) is 24.3 Å². The van der Waals surface area contributed by atoms with Crippen molar-refractivity contribution in [1.29, 1.82) is 0 Å². The lowest BCUT2D eigenvalue weighted by molar-refractivity contribution is -0.147. The molecule has 0 spiro atoms. The maximum atomic E-state index is 13.8. The van der Waals surface area contributed by atoms with Crippen molar-refractivity contribution in [2.24, 2.45) is 0 Å². The third-order valence-electron chi connectivity index (χ3n) is 3.76. The fourth-order valence-corrected chi connectivity index (χ4v) is 2.72.